The van der Waals surface area contributed by atoms with E-state index in [0.717, 1.165) is 51.4 Å². The molecule has 19 heavy (non-hydrogen) atoms. The Morgan fingerprint density at radius 1 is 1.16 bits per heavy atom. The van der Waals surface area contributed by atoms with Crippen LogP contribution in [-0.4, -0.2) is 50.6 Å². The molecule has 1 aromatic carbocycles. The SMILES string of the molecule is NCCCN1CCN(c2ccc(NC=O)cc2)CC1. The van der Waals surface area contributed by atoms with Gasteiger partial charge in [0.2, 0.25) is 6.41 Å². The summed E-state index contributed by atoms with van der Waals surface area (Å²) < 4.78 is 0. The molecule has 0 aliphatic carbocycles. The molecule has 1 aliphatic heterocycles. The zero-order valence-electron chi connectivity index (χ0n) is 11.2. The Balaban J connectivity index is 1.85. The highest BCUT2D eigenvalue weighted by molar-refractivity contribution is 5.72. The van der Waals surface area contributed by atoms with Crippen molar-refractivity contribution in [3.63, 3.8) is 0 Å². The summed E-state index contributed by atoms with van der Waals surface area (Å²) >= 11 is 0. The van der Waals surface area contributed by atoms with E-state index in [1.54, 1.807) is 0 Å². The number of carbonyl (C=O) groups is 1. The molecule has 0 radical (unpaired) electrons. The molecule has 0 spiro atoms. The Hall–Kier alpha value is -1.59. The summed E-state index contributed by atoms with van der Waals surface area (Å²) in [6.07, 6.45) is 1.78. The van der Waals surface area contributed by atoms with Gasteiger partial charge in [-0.05, 0) is 43.8 Å². The highest BCUT2D eigenvalue weighted by Gasteiger charge is 2.16. The molecule has 0 saturated carbocycles. The van der Waals surface area contributed by atoms with Crippen molar-refractivity contribution in [1.29, 1.82) is 0 Å². The van der Waals surface area contributed by atoms with E-state index in [1.165, 1.54) is 5.69 Å². The van der Waals surface area contributed by atoms with Crippen LogP contribution in [0.5, 0.6) is 0 Å². The van der Waals surface area contributed by atoms with Gasteiger partial charge in [-0.15, -0.1) is 0 Å². The maximum absolute atomic E-state index is 10.3. The van der Waals surface area contributed by atoms with E-state index >= 15 is 0 Å². The fourth-order valence-electron chi connectivity index (χ4n) is 2.38. The van der Waals surface area contributed by atoms with Gasteiger partial charge in [-0.1, -0.05) is 0 Å². The van der Waals surface area contributed by atoms with Crippen LogP contribution in [0.2, 0.25) is 0 Å². The molecule has 0 unspecified atom stereocenters. The molecule has 5 nitrogen and oxygen atoms in total. The number of hydrogen-bond donors (Lipinski definition) is 2. The molecule has 1 aromatic rings. The monoisotopic (exact) mass is 262 g/mol. The lowest BCUT2D eigenvalue weighted by molar-refractivity contribution is -0.105. The van der Waals surface area contributed by atoms with Crippen molar-refractivity contribution in [3.05, 3.63) is 24.3 Å². The van der Waals surface area contributed by atoms with Crippen molar-refractivity contribution in [3.8, 4) is 0 Å². The molecular formula is C14H22N4O. The molecule has 104 valence electrons. The Bertz CT molecular complexity index is 385. The third kappa shape index (κ3) is 3.94. The number of benzene rings is 1. The first-order valence-corrected chi connectivity index (χ1v) is 6.81. The van der Waals surface area contributed by atoms with Gasteiger partial charge in [-0.25, -0.2) is 0 Å². The first kappa shape index (κ1) is 13.8. The fourth-order valence-corrected chi connectivity index (χ4v) is 2.38. The number of piperazine rings is 1. The highest BCUT2D eigenvalue weighted by Crippen LogP contribution is 2.19. The number of nitrogens with zero attached hydrogens (tertiary/aromatic N) is 2. The van der Waals surface area contributed by atoms with Crippen LogP contribution in [-0.2, 0) is 4.79 Å². The summed E-state index contributed by atoms with van der Waals surface area (Å²) in [6.45, 7) is 6.15. The van der Waals surface area contributed by atoms with Crippen molar-refractivity contribution in [2.45, 2.75) is 6.42 Å². The molecule has 1 heterocycles. The van der Waals surface area contributed by atoms with Crippen molar-refractivity contribution in [1.82, 2.24) is 4.90 Å². The zero-order chi connectivity index (χ0) is 13.5. The first-order chi connectivity index (χ1) is 9.33. The van der Waals surface area contributed by atoms with Crippen LogP contribution < -0.4 is 16.0 Å². The van der Waals surface area contributed by atoms with Gasteiger partial charge in [0.05, 0.1) is 0 Å². The predicted octanol–water partition coefficient (Wildman–Crippen LogP) is 0.726. The number of carbonyl (C=O) groups excluding carboxylic acids is 1. The van der Waals surface area contributed by atoms with Crippen LogP contribution in [0, 0.1) is 0 Å². The number of rotatable bonds is 6. The number of amides is 1. The fraction of sp³-hybridized carbons (Fsp3) is 0.500. The lowest BCUT2D eigenvalue weighted by Gasteiger charge is -2.36. The maximum Gasteiger partial charge on any atom is 0.211 e. The predicted molar refractivity (Wildman–Crippen MR) is 78.5 cm³/mol. The first-order valence-electron chi connectivity index (χ1n) is 6.81. The lowest BCUT2D eigenvalue weighted by atomic mass is 10.2. The molecule has 1 amide bonds. The second-order valence-corrected chi connectivity index (χ2v) is 4.78. The molecule has 1 fully saturated rings. The van der Waals surface area contributed by atoms with Crippen LogP contribution >= 0.6 is 0 Å². The number of anilines is 2. The van der Waals surface area contributed by atoms with Gasteiger partial charge in [0.25, 0.3) is 0 Å². The molecule has 5 heteroatoms. The van der Waals surface area contributed by atoms with Crippen molar-refractivity contribution < 1.29 is 4.79 Å². The van der Waals surface area contributed by atoms with Crippen LogP contribution in [0.4, 0.5) is 11.4 Å². The second kappa shape index (κ2) is 7.11. The van der Waals surface area contributed by atoms with Gasteiger partial charge in [0.15, 0.2) is 0 Å². The largest absolute Gasteiger partial charge is 0.369 e. The molecule has 1 saturated heterocycles. The molecular weight excluding hydrogens is 240 g/mol. The molecule has 0 aromatic heterocycles. The number of nitrogens with one attached hydrogen (secondary N) is 1. The summed E-state index contributed by atoms with van der Waals surface area (Å²) in [5.74, 6) is 0. The Kier molecular flexibility index (Phi) is 5.18. The standard InChI is InChI=1S/C14H22N4O/c15-6-1-7-17-8-10-18(11-9-17)14-4-2-13(3-5-14)16-12-19/h2-5,12H,1,6-11,15H2,(H,16,19). The quantitative estimate of drug-likeness (QED) is 0.742. The molecule has 0 bridgehead atoms. The Morgan fingerprint density at radius 2 is 1.84 bits per heavy atom. The van der Waals surface area contributed by atoms with E-state index in [1.807, 2.05) is 12.1 Å². The smallest absolute Gasteiger partial charge is 0.211 e. The summed E-state index contributed by atoms with van der Waals surface area (Å²) in [4.78, 5) is 15.2. The Morgan fingerprint density at radius 3 is 2.42 bits per heavy atom. The van der Waals surface area contributed by atoms with Gasteiger partial charge in [0.1, 0.15) is 0 Å². The number of nitrogens with two attached hydrogens (primary N) is 1. The summed E-state index contributed by atoms with van der Waals surface area (Å²) in [5.41, 5.74) is 7.59. The minimum atomic E-state index is 0.700. The summed E-state index contributed by atoms with van der Waals surface area (Å²) in [5, 5.41) is 2.65. The van der Waals surface area contributed by atoms with E-state index < -0.39 is 0 Å². The minimum absolute atomic E-state index is 0.700. The van der Waals surface area contributed by atoms with E-state index in [4.69, 9.17) is 5.73 Å². The maximum atomic E-state index is 10.3. The van der Waals surface area contributed by atoms with Gasteiger partial charge < -0.3 is 16.0 Å². The lowest BCUT2D eigenvalue weighted by Crippen LogP contribution is -2.46. The third-order valence-electron chi connectivity index (χ3n) is 3.51. The number of hydrogen-bond acceptors (Lipinski definition) is 4. The van der Waals surface area contributed by atoms with Crippen molar-refractivity contribution in [2.24, 2.45) is 5.73 Å². The third-order valence-corrected chi connectivity index (χ3v) is 3.51. The van der Waals surface area contributed by atoms with Crippen LogP contribution in [0.15, 0.2) is 24.3 Å². The minimum Gasteiger partial charge on any atom is -0.369 e. The Labute approximate surface area is 114 Å². The molecule has 3 N–H and O–H groups in total. The summed E-state index contributed by atoms with van der Waals surface area (Å²) in [7, 11) is 0. The average Bonchev–Trinajstić information content (AvgIpc) is 2.47. The molecule has 2 rings (SSSR count). The van der Waals surface area contributed by atoms with Crippen LogP contribution in [0.1, 0.15) is 6.42 Å². The van der Waals surface area contributed by atoms with E-state index in [2.05, 4.69) is 27.2 Å². The second-order valence-electron chi connectivity index (χ2n) is 4.78. The van der Waals surface area contributed by atoms with Gasteiger partial charge in [-0.3, -0.25) is 9.69 Å². The van der Waals surface area contributed by atoms with Gasteiger partial charge >= 0.3 is 0 Å². The highest BCUT2D eigenvalue weighted by atomic mass is 16.1. The van der Waals surface area contributed by atoms with Gasteiger partial charge in [-0.2, -0.15) is 0 Å². The van der Waals surface area contributed by atoms with Crippen LogP contribution in [0.25, 0.3) is 0 Å². The zero-order valence-corrected chi connectivity index (χ0v) is 11.2. The van der Waals surface area contributed by atoms with Crippen LogP contribution in [0.3, 0.4) is 0 Å². The molecule has 1 aliphatic rings. The van der Waals surface area contributed by atoms with Gasteiger partial charge in [0, 0.05) is 37.6 Å². The van der Waals surface area contributed by atoms with E-state index in [9.17, 15) is 4.79 Å². The topological polar surface area (TPSA) is 61.6 Å². The van der Waals surface area contributed by atoms with Crippen molar-refractivity contribution >= 4 is 17.8 Å². The average molecular weight is 262 g/mol. The normalized spacial score (nSPS) is 16.4. The van der Waals surface area contributed by atoms with Crippen molar-refractivity contribution in [2.75, 3.05) is 49.5 Å². The summed E-state index contributed by atoms with van der Waals surface area (Å²) in [6, 6.07) is 7.98. The van der Waals surface area contributed by atoms with E-state index in [0.29, 0.717) is 6.41 Å². The molecule has 0 atom stereocenters. The van der Waals surface area contributed by atoms with E-state index in [-0.39, 0.29) is 0 Å².